The van der Waals surface area contributed by atoms with E-state index in [2.05, 4.69) is 13.8 Å². The molecule has 2 unspecified atom stereocenters. The molecule has 0 bridgehead atoms. The van der Waals surface area contributed by atoms with Gasteiger partial charge >= 0.3 is 10.4 Å². The third-order valence-electron chi connectivity index (χ3n) is 8.63. The summed E-state index contributed by atoms with van der Waals surface area (Å²) in [7, 11) is -4.40. The van der Waals surface area contributed by atoms with Crippen molar-refractivity contribution in [3.63, 3.8) is 0 Å². The molecule has 0 aromatic carbocycles. The second-order valence-electron chi connectivity index (χ2n) is 9.53. The molecule has 7 atom stereocenters. The Morgan fingerprint density at radius 1 is 1.00 bits per heavy atom. The van der Waals surface area contributed by atoms with Gasteiger partial charge in [0, 0.05) is 12.8 Å². The van der Waals surface area contributed by atoms with Gasteiger partial charge in [0.05, 0.1) is 6.10 Å². The van der Waals surface area contributed by atoms with Gasteiger partial charge in [0.1, 0.15) is 5.78 Å². The fourth-order valence-corrected chi connectivity index (χ4v) is 7.91. The van der Waals surface area contributed by atoms with E-state index >= 15 is 0 Å². The van der Waals surface area contributed by atoms with Crippen LogP contribution in [0.3, 0.4) is 0 Å². The van der Waals surface area contributed by atoms with Crippen LogP contribution in [0.15, 0.2) is 0 Å². The molecular weight excluding hydrogens is 340 g/mol. The molecule has 1 N–H and O–H groups in total. The first-order valence-corrected chi connectivity index (χ1v) is 11.2. The maximum absolute atomic E-state index is 11.9. The van der Waals surface area contributed by atoms with E-state index in [9.17, 15) is 13.2 Å². The van der Waals surface area contributed by atoms with Crippen LogP contribution in [-0.4, -0.2) is 24.9 Å². The average molecular weight is 371 g/mol. The number of hydrogen-bond acceptors (Lipinski definition) is 4. The summed E-state index contributed by atoms with van der Waals surface area (Å²) < 4.78 is 36.7. The highest BCUT2D eigenvalue weighted by Gasteiger charge is 2.61. The molecule has 0 aromatic rings. The fourth-order valence-electron chi connectivity index (χ4n) is 7.30. The minimum atomic E-state index is -4.40. The zero-order chi connectivity index (χ0) is 18.0. The second-order valence-corrected chi connectivity index (χ2v) is 10.6. The summed E-state index contributed by atoms with van der Waals surface area (Å²) in [6.07, 6.45) is 8.12. The molecule has 4 saturated carbocycles. The Labute approximate surface area is 150 Å². The summed E-state index contributed by atoms with van der Waals surface area (Å²) in [4.78, 5) is 11.9. The van der Waals surface area contributed by atoms with Crippen LogP contribution in [0.1, 0.15) is 71.6 Å². The summed E-state index contributed by atoms with van der Waals surface area (Å²) in [6, 6.07) is 0. The molecule has 6 heteroatoms. The summed E-state index contributed by atoms with van der Waals surface area (Å²) in [5.41, 5.74) is 0.102. The van der Waals surface area contributed by atoms with Crippen molar-refractivity contribution in [2.45, 2.75) is 77.7 Å². The lowest BCUT2D eigenvalue weighted by atomic mass is 9.45. The summed E-state index contributed by atoms with van der Waals surface area (Å²) >= 11 is 0. The summed E-state index contributed by atoms with van der Waals surface area (Å²) in [5.74, 6) is 2.67. The van der Waals surface area contributed by atoms with Gasteiger partial charge in [0.25, 0.3) is 0 Å². The minimum Gasteiger partial charge on any atom is -0.300 e. The van der Waals surface area contributed by atoms with Gasteiger partial charge in [0.15, 0.2) is 0 Å². The van der Waals surface area contributed by atoms with Crippen LogP contribution in [0.5, 0.6) is 0 Å². The molecule has 25 heavy (non-hydrogen) atoms. The van der Waals surface area contributed by atoms with Crippen molar-refractivity contribution in [1.29, 1.82) is 0 Å². The first-order valence-electron chi connectivity index (χ1n) is 9.81. The molecule has 5 nitrogen and oxygen atoms in total. The predicted molar refractivity (Wildman–Crippen MR) is 93.2 cm³/mol. The number of fused-ring (bicyclic) bond motifs is 5. The molecule has 0 heterocycles. The predicted octanol–water partition coefficient (Wildman–Crippen LogP) is 3.79. The molecular formula is C19H30O5S. The SMILES string of the molecule is C[C@]12CCC(=O)CC1CC[C@@H]1[C@@H]2CC[C@]2(C)C(OS(=O)(=O)O)CC[C@@H]12. The van der Waals surface area contributed by atoms with Crippen molar-refractivity contribution in [3.8, 4) is 0 Å². The van der Waals surface area contributed by atoms with Crippen LogP contribution in [0, 0.1) is 34.5 Å². The van der Waals surface area contributed by atoms with Gasteiger partial charge in [-0.2, -0.15) is 8.42 Å². The number of ketones is 1. The van der Waals surface area contributed by atoms with Gasteiger partial charge < -0.3 is 0 Å². The van der Waals surface area contributed by atoms with E-state index in [0.29, 0.717) is 35.9 Å². The standard InChI is InChI=1S/C19H30O5S/c1-18-9-7-13(20)11-12(18)3-4-14-15-5-6-17(24-25(21,22)23)19(15,2)10-8-16(14)18/h12,14-17H,3-11H2,1-2H3,(H,21,22,23)/t12?,14-,15-,16-,17?,18-,19-/m0/s1. The first kappa shape index (κ1) is 17.9. The zero-order valence-electron chi connectivity index (χ0n) is 15.2. The monoisotopic (exact) mass is 370 g/mol. The van der Waals surface area contributed by atoms with Crippen molar-refractivity contribution in [1.82, 2.24) is 0 Å². The highest BCUT2D eigenvalue weighted by Crippen LogP contribution is 2.66. The van der Waals surface area contributed by atoms with Crippen molar-refractivity contribution in [3.05, 3.63) is 0 Å². The number of rotatable bonds is 2. The quantitative estimate of drug-likeness (QED) is 0.748. The summed E-state index contributed by atoms with van der Waals surface area (Å²) in [5, 5.41) is 0. The van der Waals surface area contributed by atoms with Crippen LogP contribution in [0.25, 0.3) is 0 Å². The van der Waals surface area contributed by atoms with E-state index in [0.717, 1.165) is 51.4 Å². The van der Waals surface area contributed by atoms with Gasteiger partial charge in [-0.1, -0.05) is 13.8 Å². The Bertz CT molecular complexity index is 673. The first-order chi connectivity index (χ1) is 11.6. The molecule has 4 rings (SSSR count). The van der Waals surface area contributed by atoms with Crippen LogP contribution in [0.4, 0.5) is 0 Å². The van der Waals surface area contributed by atoms with Gasteiger partial charge in [-0.05, 0) is 79.4 Å². The molecule has 0 spiro atoms. The lowest BCUT2D eigenvalue weighted by Crippen LogP contribution is -2.54. The van der Waals surface area contributed by atoms with Gasteiger partial charge in [-0.25, -0.2) is 4.18 Å². The van der Waals surface area contributed by atoms with E-state index in [1.54, 1.807) is 0 Å². The molecule has 4 fully saturated rings. The van der Waals surface area contributed by atoms with Crippen LogP contribution in [-0.2, 0) is 19.4 Å². The smallest absolute Gasteiger partial charge is 0.300 e. The maximum atomic E-state index is 11.9. The zero-order valence-corrected chi connectivity index (χ0v) is 16.1. The Kier molecular flexibility index (Phi) is 4.14. The molecule has 4 aliphatic carbocycles. The largest absolute Gasteiger partial charge is 0.397 e. The van der Waals surface area contributed by atoms with E-state index in [1.807, 2.05) is 0 Å². The summed E-state index contributed by atoms with van der Waals surface area (Å²) in [6.45, 7) is 4.57. The Balaban J connectivity index is 1.59. The minimum absolute atomic E-state index is 0.162. The van der Waals surface area contributed by atoms with Crippen molar-refractivity contribution < 1.29 is 21.9 Å². The van der Waals surface area contributed by atoms with Crippen LogP contribution in [0.2, 0.25) is 0 Å². The van der Waals surface area contributed by atoms with Crippen molar-refractivity contribution >= 4 is 16.2 Å². The maximum Gasteiger partial charge on any atom is 0.397 e. The van der Waals surface area contributed by atoms with Crippen molar-refractivity contribution in [2.75, 3.05) is 0 Å². The lowest BCUT2D eigenvalue weighted by Gasteiger charge is -2.60. The lowest BCUT2D eigenvalue weighted by molar-refractivity contribution is -0.141. The number of carbonyl (C=O) groups is 1. The Hall–Kier alpha value is -0.460. The highest BCUT2D eigenvalue weighted by molar-refractivity contribution is 7.80. The van der Waals surface area contributed by atoms with Gasteiger partial charge in [-0.15, -0.1) is 0 Å². The van der Waals surface area contributed by atoms with Gasteiger partial charge in [0.2, 0.25) is 0 Å². The van der Waals surface area contributed by atoms with Crippen LogP contribution < -0.4 is 0 Å². The molecule has 4 aliphatic rings. The Morgan fingerprint density at radius 2 is 1.72 bits per heavy atom. The molecule has 142 valence electrons. The van der Waals surface area contributed by atoms with E-state index in [4.69, 9.17) is 8.74 Å². The average Bonchev–Trinajstić information content (AvgIpc) is 2.83. The van der Waals surface area contributed by atoms with Gasteiger partial charge in [-0.3, -0.25) is 9.35 Å². The molecule has 0 amide bonds. The van der Waals surface area contributed by atoms with E-state index in [-0.39, 0.29) is 10.8 Å². The second kappa shape index (κ2) is 5.77. The molecule has 0 radical (unpaired) electrons. The molecule has 0 saturated heterocycles. The fraction of sp³-hybridized carbons (Fsp3) is 0.947. The molecule has 0 aromatic heterocycles. The third-order valence-corrected chi connectivity index (χ3v) is 9.11. The topological polar surface area (TPSA) is 80.7 Å². The third kappa shape index (κ3) is 2.79. The van der Waals surface area contributed by atoms with Crippen LogP contribution >= 0.6 is 0 Å². The Morgan fingerprint density at radius 3 is 2.44 bits per heavy atom. The number of Topliss-reactive ketones (excluding diaryl/α,β-unsaturated/α-hetero) is 1. The number of carbonyl (C=O) groups excluding carboxylic acids is 1. The van der Waals surface area contributed by atoms with E-state index in [1.165, 1.54) is 0 Å². The van der Waals surface area contributed by atoms with E-state index < -0.39 is 16.5 Å². The van der Waals surface area contributed by atoms with Crippen molar-refractivity contribution in [2.24, 2.45) is 34.5 Å². The highest BCUT2D eigenvalue weighted by atomic mass is 32.3. The normalized spacial score (nSPS) is 50.0. The number of hydrogen-bond donors (Lipinski definition) is 1. The molecule has 0 aliphatic heterocycles.